The number of hydrogen-bond donors (Lipinski definition) is 1. The average Bonchev–Trinajstić information content (AvgIpc) is 2.41. The zero-order chi connectivity index (χ0) is 15.8. The molecule has 21 heavy (non-hydrogen) atoms. The van der Waals surface area contributed by atoms with E-state index in [2.05, 4.69) is 5.32 Å². The summed E-state index contributed by atoms with van der Waals surface area (Å²) >= 11 is 5.83. The number of ether oxygens (including phenoxy) is 1. The van der Waals surface area contributed by atoms with E-state index < -0.39 is 5.82 Å². The van der Waals surface area contributed by atoms with Crippen LogP contribution in [-0.2, 0) is 14.3 Å². The molecule has 0 atom stereocenters. The molecule has 0 aliphatic heterocycles. The first-order valence-electron chi connectivity index (χ1n) is 6.59. The van der Waals surface area contributed by atoms with Crippen LogP contribution in [0.5, 0.6) is 0 Å². The van der Waals surface area contributed by atoms with Gasteiger partial charge in [-0.3, -0.25) is 14.5 Å². The van der Waals surface area contributed by atoms with Crippen LogP contribution in [0.4, 0.5) is 10.1 Å². The third-order valence-electron chi connectivity index (χ3n) is 2.68. The van der Waals surface area contributed by atoms with Crippen LogP contribution in [0.25, 0.3) is 0 Å². The quantitative estimate of drug-likeness (QED) is 0.784. The number of halogens is 2. The van der Waals surface area contributed by atoms with Gasteiger partial charge in [0.25, 0.3) is 0 Å². The standard InChI is InChI=1S/C14H18ClFN2O3/c1-3-18(9-14(20)21-4-2)8-13(19)17-12-6-5-10(16)7-11(12)15/h5-7H,3-4,8-9H2,1-2H3,(H,17,19). The van der Waals surface area contributed by atoms with Gasteiger partial charge in [0.05, 0.1) is 30.4 Å². The third-order valence-corrected chi connectivity index (χ3v) is 2.99. The highest BCUT2D eigenvalue weighted by atomic mass is 35.5. The van der Waals surface area contributed by atoms with Gasteiger partial charge in [0.15, 0.2) is 0 Å². The van der Waals surface area contributed by atoms with Crippen LogP contribution >= 0.6 is 11.6 Å². The second-order valence-corrected chi connectivity index (χ2v) is 4.69. The lowest BCUT2D eigenvalue weighted by Crippen LogP contribution is -2.37. The molecule has 0 fully saturated rings. The van der Waals surface area contributed by atoms with E-state index in [1.807, 2.05) is 6.92 Å². The Bertz CT molecular complexity index is 511. The molecule has 0 spiro atoms. The molecule has 5 nitrogen and oxygen atoms in total. The predicted octanol–water partition coefficient (Wildman–Crippen LogP) is 2.30. The van der Waals surface area contributed by atoms with Gasteiger partial charge in [-0.2, -0.15) is 0 Å². The minimum absolute atomic E-state index is 0.0169. The zero-order valence-electron chi connectivity index (χ0n) is 12.0. The van der Waals surface area contributed by atoms with Gasteiger partial charge in [-0.1, -0.05) is 18.5 Å². The van der Waals surface area contributed by atoms with Crippen molar-refractivity contribution in [2.75, 3.05) is 31.6 Å². The lowest BCUT2D eigenvalue weighted by Gasteiger charge is -2.18. The largest absolute Gasteiger partial charge is 0.465 e. The lowest BCUT2D eigenvalue weighted by atomic mass is 10.3. The summed E-state index contributed by atoms with van der Waals surface area (Å²) in [7, 11) is 0. The summed E-state index contributed by atoms with van der Waals surface area (Å²) in [6.45, 7) is 4.42. The Labute approximate surface area is 128 Å². The fourth-order valence-electron chi connectivity index (χ4n) is 1.65. The first-order chi connectivity index (χ1) is 9.96. The molecule has 0 saturated carbocycles. The summed E-state index contributed by atoms with van der Waals surface area (Å²) in [5.74, 6) is -1.20. The number of likely N-dealkylation sites (N-methyl/N-ethyl adjacent to an activating group) is 1. The molecule has 1 aromatic carbocycles. The molecule has 0 bridgehead atoms. The number of anilines is 1. The number of nitrogens with zero attached hydrogens (tertiary/aromatic N) is 1. The summed E-state index contributed by atoms with van der Waals surface area (Å²) in [4.78, 5) is 24.9. The smallest absolute Gasteiger partial charge is 0.320 e. The van der Waals surface area contributed by atoms with E-state index in [0.29, 0.717) is 18.8 Å². The fraction of sp³-hybridized carbons (Fsp3) is 0.429. The van der Waals surface area contributed by atoms with E-state index in [4.69, 9.17) is 16.3 Å². The molecule has 0 saturated heterocycles. The van der Waals surface area contributed by atoms with Crippen molar-refractivity contribution in [1.82, 2.24) is 4.90 Å². The van der Waals surface area contributed by atoms with Crippen LogP contribution in [-0.4, -0.2) is 43.0 Å². The Balaban J connectivity index is 2.56. The number of hydrogen-bond acceptors (Lipinski definition) is 4. The lowest BCUT2D eigenvalue weighted by molar-refractivity contribution is -0.144. The normalized spacial score (nSPS) is 10.5. The number of esters is 1. The van der Waals surface area contributed by atoms with Crippen LogP contribution in [0, 0.1) is 5.82 Å². The molecule has 1 N–H and O–H groups in total. The Morgan fingerprint density at radius 2 is 2.05 bits per heavy atom. The van der Waals surface area contributed by atoms with Gasteiger partial charge in [-0.15, -0.1) is 0 Å². The second-order valence-electron chi connectivity index (χ2n) is 4.28. The maximum absolute atomic E-state index is 12.9. The topological polar surface area (TPSA) is 58.6 Å². The van der Waals surface area contributed by atoms with Gasteiger partial charge in [0.1, 0.15) is 5.82 Å². The minimum Gasteiger partial charge on any atom is -0.465 e. The van der Waals surface area contributed by atoms with Crippen molar-refractivity contribution in [2.24, 2.45) is 0 Å². The highest BCUT2D eigenvalue weighted by Gasteiger charge is 2.14. The van der Waals surface area contributed by atoms with Crippen molar-refractivity contribution in [3.8, 4) is 0 Å². The third kappa shape index (κ3) is 6.10. The monoisotopic (exact) mass is 316 g/mol. The Morgan fingerprint density at radius 3 is 2.62 bits per heavy atom. The summed E-state index contributed by atoms with van der Waals surface area (Å²) in [6.07, 6.45) is 0. The molecule has 1 rings (SSSR count). The van der Waals surface area contributed by atoms with Crippen molar-refractivity contribution in [1.29, 1.82) is 0 Å². The maximum atomic E-state index is 12.9. The van der Waals surface area contributed by atoms with E-state index in [9.17, 15) is 14.0 Å². The Kier molecular flexibility index (Phi) is 7.11. The van der Waals surface area contributed by atoms with Gasteiger partial charge < -0.3 is 10.1 Å². The van der Waals surface area contributed by atoms with E-state index in [1.54, 1.807) is 11.8 Å². The number of benzene rings is 1. The summed E-state index contributed by atoms with van der Waals surface area (Å²) in [5.41, 5.74) is 0.329. The average molecular weight is 317 g/mol. The summed E-state index contributed by atoms with van der Waals surface area (Å²) in [6, 6.07) is 3.71. The number of amides is 1. The Hall–Kier alpha value is -1.66. The highest BCUT2D eigenvalue weighted by Crippen LogP contribution is 2.22. The summed E-state index contributed by atoms with van der Waals surface area (Å²) < 4.78 is 17.7. The van der Waals surface area contributed by atoms with Crippen LogP contribution in [0.1, 0.15) is 13.8 Å². The molecule has 0 heterocycles. The van der Waals surface area contributed by atoms with Crippen molar-refractivity contribution < 1.29 is 18.7 Å². The number of carbonyl (C=O) groups is 2. The van der Waals surface area contributed by atoms with Gasteiger partial charge in [-0.25, -0.2) is 4.39 Å². The van der Waals surface area contributed by atoms with Crippen molar-refractivity contribution in [2.45, 2.75) is 13.8 Å². The SMILES string of the molecule is CCOC(=O)CN(CC)CC(=O)Nc1ccc(F)cc1Cl. The molecule has 0 radical (unpaired) electrons. The van der Waals surface area contributed by atoms with Crippen LogP contribution < -0.4 is 5.32 Å². The van der Waals surface area contributed by atoms with Crippen molar-refractivity contribution in [3.63, 3.8) is 0 Å². The predicted molar refractivity (Wildman–Crippen MR) is 78.8 cm³/mol. The van der Waals surface area contributed by atoms with Crippen LogP contribution in [0.15, 0.2) is 18.2 Å². The molecular formula is C14H18ClFN2O3. The van der Waals surface area contributed by atoms with E-state index in [0.717, 1.165) is 6.07 Å². The maximum Gasteiger partial charge on any atom is 0.320 e. The molecule has 1 amide bonds. The molecule has 0 aliphatic rings. The van der Waals surface area contributed by atoms with Gasteiger partial charge in [0.2, 0.25) is 5.91 Å². The highest BCUT2D eigenvalue weighted by molar-refractivity contribution is 6.33. The van der Waals surface area contributed by atoms with E-state index in [1.165, 1.54) is 12.1 Å². The van der Waals surface area contributed by atoms with Gasteiger partial charge in [-0.05, 0) is 31.7 Å². The Morgan fingerprint density at radius 1 is 1.33 bits per heavy atom. The van der Waals surface area contributed by atoms with E-state index >= 15 is 0 Å². The minimum atomic E-state index is -0.476. The molecule has 1 aromatic rings. The van der Waals surface area contributed by atoms with Crippen LogP contribution in [0.2, 0.25) is 5.02 Å². The number of rotatable bonds is 7. The van der Waals surface area contributed by atoms with Gasteiger partial charge in [0, 0.05) is 0 Å². The van der Waals surface area contributed by atoms with Gasteiger partial charge >= 0.3 is 5.97 Å². The van der Waals surface area contributed by atoms with Crippen molar-refractivity contribution >= 4 is 29.2 Å². The van der Waals surface area contributed by atoms with Crippen molar-refractivity contribution in [3.05, 3.63) is 29.0 Å². The zero-order valence-corrected chi connectivity index (χ0v) is 12.7. The molecule has 116 valence electrons. The number of carbonyl (C=O) groups excluding carboxylic acids is 2. The molecule has 0 aromatic heterocycles. The first kappa shape index (κ1) is 17.4. The molecule has 0 aliphatic carbocycles. The summed E-state index contributed by atoms with van der Waals surface area (Å²) in [5, 5.41) is 2.70. The molecule has 7 heteroatoms. The molecule has 0 unspecified atom stereocenters. The van der Waals surface area contributed by atoms with Crippen LogP contribution in [0.3, 0.4) is 0 Å². The molecular weight excluding hydrogens is 299 g/mol. The van der Waals surface area contributed by atoms with E-state index in [-0.39, 0.29) is 30.0 Å². The fourth-order valence-corrected chi connectivity index (χ4v) is 1.87. The number of nitrogens with one attached hydrogen (secondary N) is 1. The first-order valence-corrected chi connectivity index (χ1v) is 6.97. The second kappa shape index (κ2) is 8.59.